The molecule has 0 saturated heterocycles. The minimum absolute atomic E-state index is 0.194. The van der Waals surface area contributed by atoms with Crippen molar-refractivity contribution in [2.75, 3.05) is 10.2 Å². The van der Waals surface area contributed by atoms with E-state index in [9.17, 15) is 13.6 Å². The number of aromatic nitrogens is 1. The average molecular weight is 381 g/mol. The number of benzene rings is 2. The van der Waals surface area contributed by atoms with Crippen LogP contribution in [0.5, 0.6) is 0 Å². The molecule has 6 heteroatoms. The van der Waals surface area contributed by atoms with E-state index in [2.05, 4.69) is 29.0 Å². The monoisotopic (exact) mass is 381 g/mol. The molecule has 3 rings (SSSR count). The molecule has 0 fully saturated rings. The highest BCUT2D eigenvalue weighted by Crippen LogP contribution is 2.21. The minimum Gasteiger partial charge on any atom is -0.350 e. The van der Waals surface area contributed by atoms with Gasteiger partial charge in [-0.25, -0.2) is 13.8 Å². The number of carbonyl (C=O) groups excluding carboxylic acids is 1. The SMILES string of the molecule is CC(C)N(Cc1ccccc1)c1ccc(C(=O)Nc2c(F)cccc2F)cn1. The Morgan fingerprint density at radius 3 is 2.25 bits per heavy atom. The first kappa shape index (κ1) is 19.5. The van der Waals surface area contributed by atoms with Gasteiger partial charge in [0.25, 0.3) is 5.91 Å². The van der Waals surface area contributed by atoms with E-state index in [-0.39, 0.29) is 11.6 Å². The van der Waals surface area contributed by atoms with Crippen molar-refractivity contribution >= 4 is 17.4 Å². The smallest absolute Gasteiger partial charge is 0.257 e. The number of carbonyl (C=O) groups is 1. The van der Waals surface area contributed by atoms with Gasteiger partial charge in [-0.2, -0.15) is 0 Å². The Morgan fingerprint density at radius 1 is 1.00 bits per heavy atom. The molecule has 1 aromatic heterocycles. The molecule has 0 aliphatic heterocycles. The van der Waals surface area contributed by atoms with Crippen LogP contribution >= 0.6 is 0 Å². The lowest BCUT2D eigenvalue weighted by Gasteiger charge is -2.28. The molecule has 0 aliphatic carbocycles. The molecule has 1 N–H and O–H groups in total. The first-order valence-corrected chi connectivity index (χ1v) is 8.97. The van der Waals surface area contributed by atoms with Gasteiger partial charge < -0.3 is 10.2 Å². The van der Waals surface area contributed by atoms with E-state index in [1.54, 1.807) is 12.1 Å². The molecule has 144 valence electrons. The van der Waals surface area contributed by atoms with Crippen molar-refractivity contribution in [2.24, 2.45) is 0 Å². The predicted molar refractivity (Wildman–Crippen MR) is 106 cm³/mol. The fraction of sp³-hybridized carbons (Fsp3) is 0.182. The molecule has 1 heterocycles. The number of pyridine rings is 1. The van der Waals surface area contributed by atoms with E-state index in [0.717, 1.165) is 17.7 Å². The van der Waals surface area contributed by atoms with Gasteiger partial charge in [0.1, 0.15) is 23.1 Å². The van der Waals surface area contributed by atoms with Crippen molar-refractivity contribution in [3.63, 3.8) is 0 Å². The van der Waals surface area contributed by atoms with Gasteiger partial charge in [0.15, 0.2) is 0 Å². The van der Waals surface area contributed by atoms with E-state index in [1.165, 1.54) is 12.3 Å². The molecule has 0 radical (unpaired) electrons. The van der Waals surface area contributed by atoms with E-state index in [1.807, 2.05) is 30.3 Å². The van der Waals surface area contributed by atoms with Crippen molar-refractivity contribution < 1.29 is 13.6 Å². The Kier molecular flexibility index (Phi) is 5.99. The predicted octanol–water partition coefficient (Wildman–Crippen LogP) is 5.03. The van der Waals surface area contributed by atoms with E-state index >= 15 is 0 Å². The number of hydrogen-bond acceptors (Lipinski definition) is 3. The Bertz CT molecular complexity index is 924. The summed E-state index contributed by atoms with van der Waals surface area (Å²) in [6, 6.07) is 16.9. The first-order chi connectivity index (χ1) is 13.5. The largest absolute Gasteiger partial charge is 0.350 e. The third-order valence-corrected chi connectivity index (χ3v) is 4.32. The highest BCUT2D eigenvalue weighted by Gasteiger charge is 2.16. The van der Waals surface area contributed by atoms with Gasteiger partial charge in [-0.1, -0.05) is 36.4 Å². The second-order valence-electron chi connectivity index (χ2n) is 6.66. The van der Waals surface area contributed by atoms with Gasteiger partial charge in [0, 0.05) is 18.8 Å². The number of anilines is 2. The second kappa shape index (κ2) is 8.61. The van der Waals surface area contributed by atoms with Gasteiger partial charge >= 0.3 is 0 Å². The number of nitrogens with one attached hydrogen (secondary N) is 1. The fourth-order valence-electron chi connectivity index (χ4n) is 2.80. The molecule has 0 atom stereocenters. The lowest BCUT2D eigenvalue weighted by atomic mass is 10.2. The fourth-order valence-corrected chi connectivity index (χ4v) is 2.80. The zero-order valence-electron chi connectivity index (χ0n) is 15.7. The van der Waals surface area contributed by atoms with Crippen molar-refractivity contribution in [1.82, 2.24) is 4.98 Å². The summed E-state index contributed by atoms with van der Waals surface area (Å²) in [5.41, 5.74) is 0.897. The Labute approximate surface area is 162 Å². The summed E-state index contributed by atoms with van der Waals surface area (Å²) in [6.45, 7) is 4.80. The van der Waals surface area contributed by atoms with Crippen LogP contribution in [0.2, 0.25) is 0 Å². The molecule has 2 aromatic carbocycles. The summed E-state index contributed by atoms with van der Waals surface area (Å²) < 4.78 is 27.4. The van der Waals surface area contributed by atoms with Crippen LogP contribution in [-0.4, -0.2) is 16.9 Å². The summed E-state index contributed by atoms with van der Waals surface area (Å²) in [5.74, 6) is -1.56. The normalized spacial score (nSPS) is 10.8. The summed E-state index contributed by atoms with van der Waals surface area (Å²) in [4.78, 5) is 18.8. The average Bonchev–Trinajstić information content (AvgIpc) is 2.69. The minimum atomic E-state index is -0.827. The molecule has 4 nitrogen and oxygen atoms in total. The molecular formula is C22H21F2N3O. The van der Waals surface area contributed by atoms with Crippen molar-refractivity contribution in [3.8, 4) is 0 Å². The maximum absolute atomic E-state index is 13.7. The quantitative estimate of drug-likeness (QED) is 0.652. The first-order valence-electron chi connectivity index (χ1n) is 8.97. The van der Waals surface area contributed by atoms with Crippen molar-refractivity contribution in [2.45, 2.75) is 26.4 Å². The molecule has 0 saturated carbocycles. The molecule has 3 aromatic rings. The van der Waals surface area contributed by atoms with Crippen LogP contribution in [0.4, 0.5) is 20.3 Å². The summed E-state index contributed by atoms with van der Waals surface area (Å²) in [6.07, 6.45) is 1.41. The second-order valence-corrected chi connectivity index (χ2v) is 6.66. The van der Waals surface area contributed by atoms with Crippen LogP contribution in [0.15, 0.2) is 66.9 Å². The zero-order valence-corrected chi connectivity index (χ0v) is 15.7. The van der Waals surface area contributed by atoms with E-state index < -0.39 is 23.2 Å². The topological polar surface area (TPSA) is 45.2 Å². The summed E-state index contributed by atoms with van der Waals surface area (Å²) in [5, 5.41) is 2.26. The summed E-state index contributed by atoms with van der Waals surface area (Å²) in [7, 11) is 0. The number of hydrogen-bond donors (Lipinski definition) is 1. The molecule has 1 amide bonds. The molecule has 28 heavy (non-hydrogen) atoms. The summed E-state index contributed by atoms with van der Waals surface area (Å²) >= 11 is 0. The maximum atomic E-state index is 13.7. The van der Waals surface area contributed by atoms with Crippen LogP contribution in [0.1, 0.15) is 29.8 Å². The Balaban J connectivity index is 1.77. The zero-order chi connectivity index (χ0) is 20.1. The molecular weight excluding hydrogens is 360 g/mol. The van der Waals surface area contributed by atoms with Crippen LogP contribution in [0, 0.1) is 11.6 Å². The van der Waals surface area contributed by atoms with Crippen molar-refractivity contribution in [1.29, 1.82) is 0 Å². The highest BCUT2D eigenvalue weighted by molar-refractivity contribution is 6.04. The number of para-hydroxylation sites is 1. The molecule has 0 bridgehead atoms. The number of nitrogens with zero attached hydrogens (tertiary/aromatic N) is 2. The number of halogens is 2. The van der Waals surface area contributed by atoms with Gasteiger partial charge in [0.2, 0.25) is 0 Å². The van der Waals surface area contributed by atoms with Gasteiger partial charge in [0.05, 0.1) is 5.56 Å². The standard InChI is InChI=1S/C22H21F2N3O/c1-15(2)27(14-16-7-4-3-5-8-16)20-12-11-17(13-25-20)22(28)26-21-18(23)9-6-10-19(21)24/h3-13,15H,14H2,1-2H3,(H,26,28). The maximum Gasteiger partial charge on any atom is 0.257 e. The van der Waals surface area contributed by atoms with Crippen molar-refractivity contribution in [3.05, 3.63) is 89.6 Å². The van der Waals surface area contributed by atoms with Crippen LogP contribution in [0.25, 0.3) is 0 Å². The Hall–Kier alpha value is -3.28. The third-order valence-electron chi connectivity index (χ3n) is 4.32. The number of amides is 1. The van der Waals surface area contributed by atoms with E-state index in [0.29, 0.717) is 12.4 Å². The highest BCUT2D eigenvalue weighted by atomic mass is 19.1. The Morgan fingerprint density at radius 2 is 1.68 bits per heavy atom. The lowest BCUT2D eigenvalue weighted by molar-refractivity contribution is 0.102. The molecule has 0 spiro atoms. The van der Waals surface area contributed by atoms with Gasteiger partial charge in [-0.15, -0.1) is 0 Å². The van der Waals surface area contributed by atoms with E-state index in [4.69, 9.17) is 0 Å². The van der Waals surface area contributed by atoms with Gasteiger partial charge in [-0.05, 0) is 43.7 Å². The molecule has 0 aliphatic rings. The third kappa shape index (κ3) is 4.52. The molecule has 0 unspecified atom stereocenters. The van der Waals surface area contributed by atoms with Crippen LogP contribution < -0.4 is 10.2 Å². The van der Waals surface area contributed by atoms with Gasteiger partial charge in [-0.3, -0.25) is 4.79 Å². The lowest BCUT2D eigenvalue weighted by Crippen LogP contribution is -2.31. The van der Waals surface area contributed by atoms with Crippen LogP contribution in [0.3, 0.4) is 0 Å². The van der Waals surface area contributed by atoms with Crippen LogP contribution in [-0.2, 0) is 6.54 Å². The number of rotatable bonds is 6.